The third kappa shape index (κ3) is 4.76. The van der Waals surface area contributed by atoms with Gasteiger partial charge in [-0.05, 0) is 32.9 Å². The van der Waals surface area contributed by atoms with Crippen LogP contribution in [0.15, 0.2) is 54.6 Å². The number of nitrogens with one attached hydrogen (secondary N) is 2. The van der Waals surface area contributed by atoms with Gasteiger partial charge in [0.1, 0.15) is 0 Å². The first-order valence-corrected chi connectivity index (χ1v) is 10.2. The van der Waals surface area contributed by atoms with E-state index in [1.54, 1.807) is 4.90 Å². The monoisotopic (exact) mass is 376 g/mol. The molecular formula is C24H30N3O+. The van der Waals surface area contributed by atoms with Crippen LogP contribution in [-0.4, -0.2) is 37.1 Å². The summed E-state index contributed by atoms with van der Waals surface area (Å²) < 4.78 is 0. The molecule has 0 aliphatic rings. The molecule has 0 bridgehead atoms. The maximum absolute atomic E-state index is 12.9. The molecular weight excluding hydrogens is 346 g/mol. The van der Waals surface area contributed by atoms with Crippen LogP contribution in [0.25, 0.3) is 22.2 Å². The highest BCUT2D eigenvalue weighted by Crippen LogP contribution is 2.25. The lowest BCUT2D eigenvalue weighted by Crippen LogP contribution is -3.11. The molecule has 2 N–H and O–H groups in total. The van der Waals surface area contributed by atoms with Crippen LogP contribution in [0.2, 0.25) is 0 Å². The van der Waals surface area contributed by atoms with Crippen LogP contribution in [-0.2, 0) is 0 Å². The summed E-state index contributed by atoms with van der Waals surface area (Å²) in [6.45, 7) is 10.5. The molecule has 0 aliphatic carbocycles. The normalized spacial score (nSPS) is 11.1. The van der Waals surface area contributed by atoms with Crippen molar-refractivity contribution in [3.63, 3.8) is 0 Å². The number of pyridine rings is 1. The summed E-state index contributed by atoms with van der Waals surface area (Å²) in [6, 6.07) is 18.0. The Morgan fingerprint density at radius 2 is 1.75 bits per heavy atom. The molecule has 0 fully saturated rings. The minimum absolute atomic E-state index is 0.0264. The van der Waals surface area contributed by atoms with E-state index in [9.17, 15) is 4.79 Å². The molecule has 1 aromatic heterocycles. The van der Waals surface area contributed by atoms with Gasteiger partial charge in [-0.3, -0.25) is 4.79 Å². The zero-order valence-electron chi connectivity index (χ0n) is 17.1. The van der Waals surface area contributed by atoms with Gasteiger partial charge >= 0.3 is 0 Å². The Balaban J connectivity index is 1.82. The first-order valence-electron chi connectivity index (χ1n) is 10.2. The largest absolute Gasteiger partial charge is 0.352 e. The Kier molecular flexibility index (Phi) is 6.77. The van der Waals surface area contributed by atoms with Gasteiger partial charge in [0.2, 0.25) is 0 Å². The topological polar surface area (TPSA) is 46.4 Å². The van der Waals surface area contributed by atoms with Crippen molar-refractivity contribution in [1.29, 1.82) is 0 Å². The van der Waals surface area contributed by atoms with E-state index in [1.807, 2.05) is 30.3 Å². The molecule has 0 aliphatic heterocycles. The quantitative estimate of drug-likeness (QED) is 0.593. The number of fused-ring (bicyclic) bond motifs is 1. The minimum atomic E-state index is -0.0264. The number of benzene rings is 2. The summed E-state index contributed by atoms with van der Waals surface area (Å²) in [5.41, 5.74) is 4.60. The van der Waals surface area contributed by atoms with Crippen LogP contribution < -0.4 is 10.2 Å². The van der Waals surface area contributed by atoms with Gasteiger partial charge in [0.15, 0.2) is 0 Å². The molecule has 0 unspecified atom stereocenters. The number of quaternary nitrogens is 1. The predicted octanol–water partition coefficient (Wildman–Crippen LogP) is 3.25. The Bertz CT molecular complexity index is 930. The number of nitrogens with zero attached hydrogens (tertiary/aromatic N) is 1. The van der Waals surface area contributed by atoms with E-state index in [-0.39, 0.29) is 5.91 Å². The van der Waals surface area contributed by atoms with Gasteiger partial charge < -0.3 is 10.2 Å². The zero-order chi connectivity index (χ0) is 19.9. The molecule has 1 heterocycles. The number of amides is 1. The highest BCUT2D eigenvalue weighted by atomic mass is 16.1. The number of hydrogen-bond donors (Lipinski definition) is 2. The van der Waals surface area contributed by atoms with Gasteiger partial charge in [-0.15, -0.1) is 0 Å². The fourth-order valence-electron chi connectivity index (χ4n) is 3.47. The van der Waals surface area contributed by atoms with Crippen LogP contribution in [0.3, 0.4) is 0 Å². The van der Waals surface area contributed by atoms with E-state index in [4.69, 9.17) is 4.98 Å². The van der Waals surface area contributed by atoms with E-state index < -0.39 is 0 Å². The van der Waals surface area contributed by atoms with Crippen LogP contribution in [0.5, 0.6) is 0 Å². The zero-order valence-corrected chi connectivity index (χ0v) is 17.1. The van der Waals surface area contributed by atoms with E-state index in [1.165, 1.54) is 5.56 Å². The number of carbonyl (C=O) groups excluding carboxylic acids is 1. The fourth-order valence-corrected chi connectivity index (χ4v) is 3.47. The first-order chi connectivity index (χ1) is 13.6. The molecule has 4 nitrogen and oxygen atoms in total. The maximum atomic E-state index is 12.9. The van der Waals surface area contributed by atoms with Crippen molar-refractivity contribution in [2.24, 2.45) is 0 Å². The first kappa shape index (κ1) is 20.0. The number of aromatic nitrogens is 1. The third-order valence-corrected chi connectivity index (χ3v) is 5.30. The molecule has 0 spiro atoms. The van der Waals surface area contributed by atoms with E-state index in [2.05, 4.69) is 50.4 Å². The second-order valence-corrected chi connectivity index (χ2v) is 7.25. The lowest BCUT2D eigenvalue weighted by Gasteiger charge is -2.15. The number of aryl methyl sites for hydroxylation is 1. The smallest absolute Gasteiger partial charge is 0.252 e. The summed E-state index contributed by atoms with van der Waals surface area (Å²) in [6.07, 6.45) is 0.983. The molecule has 1 amide bonds. The molecule has 0 radical (unpaired) electrons. The highest BCUT2D eigenvalue weighted by molar-refractivity contribution is 6.07. The average molecular weight is 377 g/mol. The van der Waals surface area contributed by atoms with Crippen molar-refractivity contribution in [2.45, 2.75) is 27.2 Å². The Hall–Kier alpha value is -2.72. The summed E-state index contributed by atoms with van der Waals surface area (Å²) in [5, 5.41) is 4.00. The van der Waals surface area contributed by atoms with Crippen molar-refractivity contribution in [3.8, 4) is 11.3 Å². The Morgan fingerprint density at radius 1 is 1.04 bits per heavy atom. The van der Waals surface area contributed by atoms with E-state index in [0.29, 0.717) is 12.1 Å². The molecule has 0 saturated heterocycles. The highest BCUT2D eigenvalue weighted by Gasteiger charge is 2.14. The number of carbonyl (C=O) groups is 1. The number of rotatable bonds is 8. The van der Waals surface area contributed by atoms with Crippen LogP contribution in [0.1, 0.15) is 36.2 Å². The lowest BCUT2D eigenvalue weighted by molar-refractivity contribution is -0.896. The molecule has 0 saturated carbocycles. The second kappa shape index (κ2) is 9.47. The Morgan fingerprint density at radius 3 is 2.46 bits per heavy atom. The van der Waals surface area contributed by atoms with Gasteiger partial charge in [-0.25, -0.2) is 4.98 Å². The van der Waals surface area contributed by atoms with Crippen molar-refractivity contribution in [2.75, 3.05) is 26.2 Å². The van der Waals surface area contributed by atoms with E-state index >= 15 is 0 Å². The van der Waals surface area contributed by atoms with Crippen LogP contribution in [0, 0.1) is 6.92 Å². The van der Waals surface area contributed by atoms with Gasteiger partial charge in [-0.1, -0.05) is 48.0 Å². The number of hydrogen-bond acceptors (Lipinski definition) is 2. The molecule has 28 heavy (non-hydrogen) atoms. The van der Waals surface area contributed by atoms with E-state index in [0.717, 1.165) is 48.2 Å². The number of para-hydroxylation sites is 1. The molecule has 3 aromatic rings. The third-order valence-electron chi connectivity index (χ3n) is 5.30. The van der Waals surface area contributed by atoms with Crippen molar-refractivity contribution in [3.05, 3.63) is 65.7 Å². The lowest BCUT2D eigenvalue weighted by atomic mass is 10.0. The fraction of sp³-hybridized carbons (Fsp3) is 0.333. The second-order valence-electron chi connectivity index (χ2n) is 7.25. The molecule has 146 valence electrons. The minimum Gasteiger partial charge on any atom is -0.352 e. The van der Waals surface area contributed by atoms with Crippen molar-refractivity contribution < 1.29 is 9.69 Å². The van der Waals surface area contributed by atoms with Crippen molar-refractivity contribution >= 4 is 16.8 Å². The molecule has 2 aromatic carbocycles. The Labute approximate surface area is 167 Å². The maximum Gasteiger partial charge on any atom is 0.252 e. The predicted molar refractivity (Wildman–Crippen MR) is 116 cm³/mol. The standard InChI is InChI=1S/C24H29N3O/c1-4-27(5-2)16-8-15-25-24(28)21-17-23(19-13-11-18(3)12-14-19)26-22-10-7-6-9-20(21)22/h6-7,9-14,17H,4-5,8,15-16H2,1-3H3,(H,25,28)/p+1. The average Bonchev–Trinajstić information content (AvgIpc) is 2.73. The summed E-state index contributed by atoms with van der Waals surface area (Å²) in [7, 11) is 0. The summed E-state index contributed by atoms with van der Waals surface area (Å²) in [5.74, 6) is -0.0264. The summed E-state index contributed by atoms with van der Waals surface area (Å²) in [4.78, 5) is 19.3. The van der Waals surface area contributed by atoms with Gasteiger partial charge in [0, 0.05) is 23.9 Å². The molecule has 4 heteroatoms. The molecule has 0 atom stereocenters. The van der Waals surface area contributed by atoms with Gasteiger partial charge in [-0.2, -0.15) is 0 Å². The van der Waals surface area contributed by atoms with Crippen molar-refractivity contribution in [1.82, 2.24) is 10.3 Å². The van der Waals surface area contributed by atoms with Gasteiger partial charge in [0.05, 0.1) is 36.4 Å². The SMILES string of the molecule is CC[NH+](CC)CCCNC(=O)c1cc(-c2ccc(C)cc2)nc2ccccc12. The molecule has 3 rings (SSSR count). The van der Waals surface area contributed by atoms with Crippen LogP contribution in [0.4, 0.5) is 0 Å². The van der Waals surface area contributed by atoms with Crippen LogP contribution >= 0.6 is 0 Å². The van der Waals surface area contributed by atoms with Gasteiger partial charge in [0.25, 0.3) is 5.91 Å². The summed E-state index contributed by atoms with van der Waals surface area (Å²) >= 11 is 0.